The van der Waals surface area contributed by atoms with Crippen LogP contribution in [0.2, 0.25) is 0 Å². The Labute approximate surface area is 168 Å². The fourth-order valence-corrected chi connectivity index (χ4v) is 4.01. The lowest BCUT2D eigenvalue weighted by Gasteiger charge is -2.36. The first-order valence-electron chi connectivity index (χ1n) is 8.84. The molecule has 0 bridgehead atoms. The Kier molecular flexibility index (Phi) is 7.48. The Morgan fingerprint density at radius 2 is 1.46 bits per heavy atom. The molecule has 0 spiro atoms. The Morgan fingerprint density at radius 3 is 2.00 bits per heavy atom. The second-order valence-corrected chi connectivity index (χ2v) is 6.56. The molecule has 4 heteroatoms. The highest BCUT2D eigenvalue weighted by Gasteiger charge is 2.24. The van der Waals surface area contributed by atoms with Crippen LogP contribution < -0.4 is 5.32 Å². The van der Waals surface area contributed by atoms with Gasteiger partial charge in [-0.3, -0.25) is 4.90 Å². The van der Waals surface area contributed by atoms with E-state index >= 15 is 0 Å². The number of benzene rings is 3. The van der Waals surface area contributed by atoms with Gasteiger partial charge in [-0.15, -0.1) is 31.4 Å². The first-order chi connectivity index (χ1) is 11.9. The van der Waals surface area contributed by atoms with Crippen molar-refractivity contribution >= 4 is 46.4 Å². The molecule has 0 unspecified atom stereocenters. The van der Waals surface area contributed by atoms with Gasteiger partial charge in [0.1, 0.15) is 0 Å². The maximum atomic E-state index is 4.04. The van der Waals surface area contributed by atoms with Gasteiger partial charge in [-0.25, -0.2) is 0 Å². The molecule has 138 valence electrons. The van der Waals surface area contributed by atoms with Crippen LogP contribution in [0.1, 0.15) is 18.0 Å². The summed E-state index contributed by atoms with van der Waals surface area (Å²) in [5.41, 5.74) is 1.46. The number of nitrogens with one attached hydrogen (secondary N) is 1. The number of nitrogens with zero attached hydrogens (tertiary/aromatic N) is 1. The summed E-state index contributed by atoms with van der Waals surface area (Å²) in [5.74, 6) is 0. The van der Waals surface area contributed by atoms with Crippen molar-refractivity contribution in [2.45, 2.75) is 12.5 Å². The standard InChI is InChI=1S/C22H24N2.2ClH/c1-2-7-21(24-14-12-23-13-15-24)22-19-10-5-3-8-17(19)16-18-9-4-6-11-20(18)22;;/h2-6,8-11,16,21,23H,1,7,12-15H2;2*1H/t21-;;/m1../s1. The van der Waals surface area contributed by atoms with E-state index in [9.17, 15) is 0 Å². The van der Waals surface area contributed by atoms with Gasteiger partial charge in [0.05, 0.1) is 0 Å². The number of fused-ring (bicyclic) bond motifs is 2. The van der Waals surface area contributed by atoms with Crippen LogP contribution in [0.5, 0.6) is 0 Å². The molecular weight excluding hydrogens is 363 g/mol. The fraction of sp³-hybridized carbons (Fsp3) is 0.273. The highest BCUT2D eigenvalue weighted by Crippen LogP contribution is 2.37. The molecule has 26 heavy (non-hydrogen) atoms. The van der Waals surface area contributed by atoms with Gasteiger partial charge < -0.3 is 5.32 Å². The molecule has 1 aliphatic rings. The van der Waals surface area contributed by atoms with Crippen LogP contribution in [-0.4, -0.2) is 31.1 Å². The predicted octanol–water partition coefficient (Wildman–Crippen LogP) is 5.36. The number of hydrogen-bond donors (Lipinski definition) is 1. The maximum Gasteiger partial charge on any atom is 0.0395 e. The van der Waals surface area contributed by atoms with Crippen molar-refractivity contribution in [1.29, 1.82) is 0 Å². The second-order valence-electron chi connectivity index (χ2n) is 6.56. The van der Waals surface area contributed by atoms with Gasteiger partial charge in [-0.2, -0.15) is 0 Å². The van der Waals surface area contributed by atoms with E-state index < -0.39 is 0 Å². The van der Waals surface area contributed by atoms with E-state index in [0.717, 1.165) is 32.6 Å². The summed E-state index contributed by atoms with van der Waals surface area (Å²) in [5, 5.41) is 8.88. The van der Waals surface area contributed by atoms with Crippen molar-refractivity contribution in [2.75, 3.05) is 26.2 Å². The monoisotopic (exact) mass is 388 g/mol. The molecule has 1 N–H and O–H groups in total. The SMILES string of the molecule is C=CC[C@H](c1c2ccccc2cc2ccccc12)N1CCNCC1.Cl.Cl. The molecular formula is C22H26Cl2N2. The zero-order valence-electron chi connectivity index (χ0n) is 14.9. The molecule has 0 amide bonds. The van der Waals surface area contributed by atoms with E-state index in [0.29, 0.717) is 6.04 Å². The average molecular weight is 389 g/mol. The van der Waals surface area contributed by atoms with E-state index in [4.69, 9.17) is 0 Å². The topological polar surface area (TPSA) is 15.3 Å². The predicted molar refractivity (Wildman–Crippen MR) is 118 cm³/mol. The van der Waals surface area contributed by atoms with Crippen LogP contribution in [0.15, 0.2) is 67.3 Å². The Bertz CT molecular complexity index is 818. The fourth-order valence-electron chi connectivity index (χ4n) is 4.01. The van der Waals surface area contributed by atoms with E-state index in [1.807, 2.05) is 0 Å². The van der Waals surface area contributed by atoms with E-state index in [-0.39, 0.29) is 24.8 Å². The summed E-state index contributed by atoms with van der Waals surface area (Å²) in [6, 6.07) is 20.3. The van der Waals surface area contributed by atoms with Gasteiger partial charge in [0.25, 0.3) is 0 Å². The molecule has 1 aliphatic heterocycles. The normalized spacial score (nSPS) is 15.8. The van der Waals surface area contributed by atoms with E-state index in [1.54, 1.807) is 0 Å². The molecule has 0 aliphatic carbocycles. The van der Waals surface area contributed by atoms with Gasteiger partial charge in [0.15, 0.2) is 0 Å². The molecule has 1 atom stereocenters. The number of hydrogen-bond acceptors (Lipinski definition) is 2. The van der Waals surface area contributed by atoms with Gasteiger partial charge in [-0.05, 0) is 39.6 Å². The minimum absolute atomic E-state index is 0. The minimum Gasteiger partial charge on any atom is -0.314 e. The minimum atomic E-state index is 0. The average Bonchev–Trinajstić information content (AvgIpc) is 2.65. The number of halogens is 2. The molecule has 0 aromatic heterocycles. The Morgan fingerprint density at radius 1 is 0.923 bits per heavy atom. The van der Waals surface area contributed by atoms with Crippen molar-refractivity contribution in [3.63, 3.8) is 0 Å². The second kappa shape index (κ2) is 9.38. The lowest BCUT2D eigenvalue weighted by Crippen LogP contribution is -2.45. The zero-order chi connectivity index (χ0) is 16.4. The van der Waals surface area contributed by atoms with Gasteiger partial charge >= 0.3 is 0 Å². The van der Waals surface area contributed by atoms with Gasteiger partial charge in [0, 0.05) is 32.2 Å². The molecule has 0 radical (unpaired) electrons. The van der Waals surface area contributed by atoms with Crippen molar-refractivity contribution in [1.82, 2.24) is 10.2 Å². The maximum absolute atomic E-state index is 4.04. The smallest absolute Gasteiger partial charge is 0.0395 e. The third kappa shape index (κ3) is 3.89. The number of piperazine rings is 1. The van der Waals surface area contributed by atoms with Crippen LogP contribution >= 0.6 is 24.8 Å². The molecule has 4 rings (SSSR count). The van der Waals surface area contributed by atoms with Gasteiger partial charge in [0.2, 0.25) is 0 Å². The van der Waals surface area contributed by atoms with Crippen molar-refractivity contribution in [2.24, 2.45) is 0 Å². The molecule has 3 aromatic carbocycles. The quantitative estimate of drug-likeness (QED) is 0.477. The molecule has 1 fully saturated rings. The molecule has 2 nitrogen and oxygen atoms in total. The molecule has 1 heterocycles. The van der Waals surface area contributed by atoms with Crippen LogP contribution in [0, 0.1) is 0 Å². The lowest BCUT2D eigenvalue weighted by atomic mass is 9.89. The third-order valence-corrected chi connectivity index (χ3v) is 5.13. The highest BCUT2D eigenvalue weighted by atomic mass is 35.5. The van der Waals surface area contributed by atoms with Crippen LogP contribution in [-0.2, 0) is 0 Å². The van der Waals surface area contributed by atoms with E-state index in [1.165, 1.54) is 27.1 Å². The number of rotatable bonds is 4. The van der Waals surface area contributed by atoms with Crippen LogP contribution in [0.3, 0.4) is 0 Å². The van der Waals surface area contributed by atoms with Crippen molar-refractivity contribution in [3.05, 3.63) is 72.8 Å². The summed E-state index contributed by atoms with van der Waals surface area (Å²) in [6.07, 6.45) is 3.06. The largest absolute Gasteiger partial charge is 0.314 e. The summed E-state index contributed by atoms with van der Waals surface area (Å²) in [4.78, 5) is 2.62. The Balaban J connectivity index is 0.00000121. The van der Waals surface area contributed by atoms with Crippen LogP contribution in [0.4, 0.5) is 0 Å². The van der Waals surface area contributed by atoms with Gasteiger partial charge in [-0.1, -0.05) is 54.6 Å². The first kappa shape index (κ1) is 20.7. The summed E-state index contributed by atoms with van der Waals surface area (Å²) < 4.78 is 0. The summed E-state index contributed by atoms with van der Waals surface area (Å²) >= 11 is 0. The molecule has 1 saturated heterocycles. The zero-order valence-corrected chi connectivity index (χ0v) is 16.5. The molecule has 3 aromatic rings. The molecule has 0 saturated carbocycles. The highest BCUT2D eigenvalue weighted by molar-refractivity contribution is 6.02. The van der Waals surface area contributed by atoms with E-state index in [2.05, 4.69) is 77.5 Å². The lowest BCUT2D eigenvalue weighted by molar-refractivity contribution is 0.176. The van der Waals surface area contributed by atoms with Crippen molar-refractivity contribution in [3.8, 4) is 0 Å². The summed E-state index contributed by atoms with van der Waals surface area (Å²) in [6.45, 7) is 8.36. The Hall–Kier alpha value is -1.58. The first-order valence-corrected chi connectivity index (χ1v) is 8.84. The van der Waals surface area contributed by atoms with Crippen LogP contribution in [0.25, 0.3) is 21.5 Å². The summed E-state index contributed by atoms with van der Waals surface area (Å²) in [7, 11) is 0. The third-order valence-electron chi connectivity index (χ3n) is 5.13. The van der Waals surface area contributed by atoms with Crippen molar-refractivity contribution < 1.29 is 0 Å².